The molecule has 2 aliphatic heterocycles. The minimum Gasteiger partial charge on any atom is -0.493 e. The predicted molar refractivity (Wildman–Crippen MR) is 149 cm³/mol. The van der Waals surface area contributed by atoms with E-state index < -0.39 is 11.7 Å². The summed E-state index contributed by atoms with van der Waals surface area (Å²) in [6.45, 7) is 5.77. The zero-order valence-electron chi connectivity index (χ0n) is 20.4. The van der Waals surface area contributed by atoms with Crippen LogP contribution in [0, 0.1) is 5.82 Å². The monoisotopic (exact) mass is 570 g/mol. The van der Waals surface area contributed by atoms with E-state index in [1.807, 2.05) is 7.05 Å². The van der Waals surface area contributed by atoms with Crippen LogP contribution in [0.25, 0.3) is 0 Å². The lowest BCUT2D eigenvalue weighted by molar-refractivity contribution is 0.0981. The molecule has 0 radical (unpaired) electrons. The first-order valence-electron chi connectivity index (χ1n) is 11.7. The number of benzene rings is 2. The molecule has 1 amide bonds. The molecule has 37 heavy (non-hydrogen) atoms. The Labute approximate surface area is 232 Å². The number of aryl methyl sites for hydroxylation is 1. The van der Waals surface area contributed by atoms with Crippen LogP contribution in [0.3, 0.4) is 0 Å². The number of anilines is 3. The maximum atomic E-state index is 15.1. The number of aromatic nitrogens is 2. The molecule has 0 aliphatic carbocycles. The van der Waals surface area contributed by atoms with Gasteiger partial charge in [-0.25, -0.2) is 4.39 Å². The summed E-state index contributed by atoms with van der Waals surface area (Å²) in [7, 11) is 1.82. The predicted octanol–water partition coefficient (Wildman–Crippen LogP) is 4.63. The molecule has 12 heteroatoms. The van der Waals surface area contributed by atoms with E-state index >= 15 is 4.39 Å². The summed E-state index contributed by atoms with van der Waals surface area (Å²) in [6, 6.07) is 9.64. The van der Waals surface area contributed by atoms with Crippen molar-refractivity contribution in [1.82, 2.24) is 20.0 Å². The van der Waals surface area contributed by atoms with Crippen LogP contribution in [-0.2, 0) is 13.6 Å². The Balaban J connectivity index is 0.00000190. The first kappa shape index (κ1) is 29.0. The molecular weight excluding hydrogens is 542 g/mol. The number of halogens is 4. The first-order valence-corrected chi connectivity index (χ1v) is 12.1. The van der Waals surface area contributed by atoms with Crippen LogP contribution in [-0.4, -0.2) is 59.9 Å². The highest BCUT2D eigenvalue weighted by Crippen LogP contribution is 2.38. The lowest BCUT2D eigenvalue weighted by atomic mass is 10.1. The smallest absolute Gasteiger partial charge is 0.261 e. The van der Waals surface area contributed by atoms with Crippen LogP contribution >= 0.6 is 36.4 Å². The van der Waals surface area contributed by atoms with Crippen molar-refractivity contribution in [2.75, 3.05) is 49.5 Å². The third-order valence-corrected chi connectivity index (χ3v) is 6.59. The van der Waals surface area contributed by atoms with Gasteiger partial charge in [-0.3, -0.25) is 9.48 Å². The Morgan fingerprint density at radius 2 is 1.95 bits per heavy atom. The number of piperazine rings is 1. The van der Waals surface area contributed by atoms with Gasteiger partial charge < -0.3 is 25.2 Å². The lowest BCUT2D eigenvalue weighted by Crippen LogP contribution is -2.43. The van der Waals surface area contributed by atoms with Crippen molar-refractivity contribution in [3.63, 3.8) is 0 Å². The van der Waals surface area contributed by atoms with Crippen LogP contribution in [0.2, 0.25) is 5.02 Å². The van der Waals surface area contributed by atoms with Gasteiger partial charge in [0.1, 0.15) is 17.4 Å². The number of nitrogens with one attached hydrogen (secondary N) is 2. The first-order chi connectivity index (χ1) is 17.0. The van der Waals surface area contributed by atoms with E-state index in [4.69, 9.17) is 16.3 Å². The Morgan fingerprint density at radius 3 is 2.70 bits per heavy atom. The van der Waals surface area contributed by atoms with Crippen molar-refractivity contribution in [2.45, 2.75) is 13.0 Å². The van der Waals surface area contributed by atoms with Crippen LogP contribution in [0.4, 0.5) is 21.6 Å². The molecule has 2 N–H and O–H groups in total. The third-order valence-electron chi connectivity index (χ3n) is 6.36. The zero-order valence-corrected chi connectivity index (χ0v) is 22.8. The highest BCUT2D eigenvalue weighted by atomic mass is 35.5. The molecule has 200 valence electrons. The summed E-state index contributed by atoms with van der Waals surface area (Å²) in [4.78, 5) is 17.5. The number of ether oxygens (including phenoxy) is 1. The van der Waals surface area contributed by atoms with Crippen molar-refractivity contribution in [3.05, 3.63) is 64.6 Å². The molecule has 0 spiro atoms. The maximum Gasteiger partial charge on any atom is 0.261 e. The summed E-state index contributed by atoms with van der Waals surface area (Å²) >= 11 is 6.21. The van der Waals surface area contributed by atoms with Crippen LogP contribution in [0.1, 0.15) is 22.3 Å². The van der Waals surface area contributed by atoms with Gasteiger partial charge in [-0.15, -0.1) is 24.8 Å². The van der Waals surface area contributed by atoms with Crippen molar-refractivity contribution in [1.29, 1.82) is 0 Å². The van der Waals surface area contributed by atoms with E-state index in [2.05, 4.69) is 20.6 Å². The number of rotatable bonds is 6. The molecule has 8 nitrogen and oxygen atoms in total. The summed E-state index contributed by atoms with van der Waals surface area (Å²) < 4.78 is 22.6. The van der Waals surface area contributed by atoms with Gasteiger partial charge in [-0.1, -0.05) is 11.6 Å². The molecule has 2 aliphatic rings. The van der Waals surface area contributed by atoms with Crippen LogP contribution < -0.4 is 20.3 Å². The van der Waals surface area contributed by atoms with Gasteiger partial charge in [0.2, 0.25) is 0 Å². The normalized spacial score (nSPS) is 14.8. The van der Waals surface area contributed by atoms with Crippen LogP contribution in [0.5, 0.6) is 5.75 Å². The third kappa shape index (κ3) is 6.48. The highest BCUT2D eigenvalue weighted by Gasteiger charge is 2.28. The summed E-state index contributed by atoms with van der Waals surface area (Å²) in [5.74, 6) is 0.107. The summed E-state index contributed by atoms with van der Waals surface area (Å²) in [6.07, 6.45) is 2.56. The van der Waals surface area contributed by atoms with Gasteiger partial charge in [0, 0.05) is 56.4 Å². The van der Waals surface area contributed by atoms with Crippen molar-refractivity contribution in [2.24, 2.45) is 7.05 Å². The fourth-order valence-corrected chi connectivity index (χ4v) is 4.66. The molecule has 1 aromatic heterocycles. The van der Waals surface area contributed by atoms with E-state index in [1.165, 1.54) is 12.1 Å². The van der Waals surface area contributed by atoms with Crippen molar-refractivity contribution >= 4 is 59.5 Å². The SMILES string of the molecule is Cl.Cl.Cn1ncc2c1Nc1cc(Cl)ccc1N(C(=O)c1ccc(OCCCN3CCNCC3)cc1F)C2. The second-order valence-electron chi connectivity index (χ2n) is 8.76. The van der Waals surface area contributed by atoms with Crippen molar-refractivity contribution in [3.8, 4) is 5.75 Å². The van der Waals surface area contributed by atoms with Crippen LogP contribution in [0.15, 0.2) is 42.6 Å². The standard InChI is InChI=1S/C25H28ClFN6O2.2ClH/c1-31-24-17(15-29-31)16-33(23-6-3-18(26)13-22(23)30-24)25(34)20-5-4-19(14-21(20)27)35-12-2-9-32-10-7-28-8-11-32;;/h3-6,13-15,28,30H,2,7-12,16H2,1H3;2*1H. The Bertz CT molecular complexity index is 1240. The fraction of sp³-hybridized carbons (Fsp3) is 0.360. The minimum absolute atomic E-state index is 0. The van der Waals surface area contributed by atoms with Gasteiger partial charge in [-0.05, 0) is 36.8 Å². The number of amides is 1. The van der Waals surface area contributed by atoms with E-state index in [0.717, 1.165) is 50.5 Å². The topological polar surface area (TPSA) is 74.7 Å². The molecule has 0 saturated carbocycles. The molecule has 0 atom stereocenters. The van der Waals surface area contributed by atoms with Gasteiger partial charge in [-0.2, -0.15) is 5.10 Å². The van der Waals surface area contributed by atoms with Gasteiger partial charge in [0.05, 0.1) is 36.3 Å². The molecule has 1 fully saturated rings. The van der Waals surface area contributed by atoms with E-state index in [1.54, 1.807) is 40.0 Å². The number of nitrogens with zero attached hydrogens (tertiary/aromatic N) is 4. The molecule has 0 unspecified atom stereocenters. The molecule has 1 saturated heterocycles. The van der Waals surface area contributed by atoms with E-state index in [0.29, 0.717) is 28.8 Å². The fourth-order valence-electron chi connectivity index (χ4n) is 4.49. The average Bonchev–Trinajstić information content (AvgIpc) is 3.10. The van der Waals surface area contributed by atoms with E-state index in [9.17, 15) is 4.79 Å². The molecule has 3 heterocycles. The van der Waals surface area contributed by atoms with Gasteiger partial charge in [0.15, 0.2) is 0 Å². The molecule has 0 bridgehead atoms. The number of hydrogen-bond donors (Lipinski definition) is 2. The minimum atomic E-state index is -0.617. The maximum absolute atomic E-state index is 15.1. The Hall–Kier alpha value is -2.56. The second kappa shape index (κ2) is 12.8. The van der Waals surface area contributed by atoms with Gasteiger partial charge in [0.25, 0.3) is 5.91 Å². The Kier molecular flexibility index (Phi) is 10.0. The highest BCUT2D eigenvalue weighted by molar-refractivity contribution is 6.31. The van der Waals surface area contributed by atoms with E-state index in [-0.39, 0.29) is 36.9 Å². The largest absolute Gasteiger partial charge is 0.493 e. The molecule has 2 aromatic carbocycles. The number of hydrogen-bond acceptors (Lipinski definition) is 6. The zero-order chi connectivity index (χ0) is 24.4. The molecular formula is C25H30Cl3FN6O2. The quantitative estimate of drug-likeness (QED) is 0.420. The molecule has 3 aromatic rings. The summed E-state index contributed by atoms with van der Waals surface area (Å²) in [5.41, 5.74) is 2.06. The lowest BCUT2D eigenvalue weighted by Gasteiger charge is -2.27. The average molecular weight is 572 g/mol. The molecule has 5 rings (SSSR count). The van der Waals surface area contributed by atoms with Gasteiger partial charge >= 0.3 is 0 Å². The summed E-state index contributed by atoms with van der Waals surface area (Å²) in [5, 5.41) is 11.4. The Morgan fingerprint density at radius 1 is 1.16 bits per heavy atom. The number of carbonyl (C=O) groups excluding carboxylic acids is 1. The number of fused-ring (bicyclic) bond motifs is 2. The van der Waals surface area contributed by atoms with Crippen molar-refractivity contribution < 1.29 is 13.9 Å². The number of carbonyl (C=O) groups is 1. The second-order valence-corrected chi connectivity index (χ2v) is 9.19.